The van der Waals surface area contributed by atoms with E-state index in [1.807, 2.05) is 0 Å². The molecule has 5 unspecified atom stereocenters. The number of hydrogen-bond acceptors (Lipinski definition) is 2. The number of nitrogens with zero attached hydrogens (tertiary/aromatic N) is 2. The number of para-hydroxylation sites is 2. The van der Waals surface area contributed by atoms with Crippen molar-refractivity contribution in [1.29, 1.82) is 0 Å². The van der Waals surface area contributed by atoms with Gasteiger partial charge in [-0.25, -0.2) is 0 Å². The smallest absolute Gasteiger partial charge is 0.0635 e. The van der Waals surface area contributed by atoms with E-state index in [-0.39, 0.29) is 6.04 Å². The molecule has 0 bridgehead atoms. The van der Waals surface area contributed by atoms with E-state index in [9.17, 15) is 0 Å². The summed E-state index contributed by atoms with van der Waals surface area (Å²) in [5.41, 5.74) is 11.2. The summed E-state index contributed by atoms with van der Waals surface area (Å²) in [4.78, 5) is 5.23. The van der Waals surface area contributed by atoms with Crippen molar-refractivity contribution in [2.24, 2.45) is 11.8 Å². The van der Waals surface area contributed by atoms with Gasteiger partial charge in [0.2, 0.25) is 0 Å². The van der Waals surface area contributed by atoms with E-state index in [1.165, 1.54) is 39.4 Å². The Labute approximate surface area is 232 Å². The molecule has 2 heterocycles. The zero-order valence-electron chi connectivity index (χ0n) is 22.4. The van der Waals surface area contributed by atoms with Gasteiger partial charge in [-0.3, -0.25) is 0 Å². The third kappa shape index (κ3) is 3.61. The van der Waals surface area contributed by atoms with Gasteiger partial charge in [-0.05, 0) is 71.7 Å². The van der Waals surface area contributed by atoms with Crippen molar-refractivity contribution >= 4 is 11.4 Å². The summed E-state index contributed by atoms with van der Waals surface area (Å²) in [6.45, 7) is 2.35. The van der Waals surface area contributed by atoms with Crippen LogP contribution in [0.5, 0.6) is 0 Å². The molecule has 0 aromatic heterocycles. The molecule has 6 aliphatic rings. The van der Waals surface area contributed by atoms with Gasteiger partial charge >= 0.3 is 0 Å². The number of hydrogen-bond donors (Lipinski definition) is 0. The molecule has 0 saturated heterocycles. The highest BCUT2D eigenvalue weighted by atomic mass is 15.2. The molecule has 2 aliphatic heterocycles. The van der Waals surface area contributed by atoms with E-state index in [1.54, 1.807) is 5.70 Å². The lowest BCUT2D eigenvalue weighted by atomic mass is 9.81. The van der Waals surface area contributed by atoms with Crippen LogP contribution in [-0.4, -0.2) is 17.0 Å². The van der Waals surface area contributed by atoms with Crippen LogP contribution in [-0.2, 0) is 0 Å². The Balaban J connectivity index is 1.18. The highest BCUT2D eigenvalue weighted by Crippen LogP contribution is 2.50. The summed E-state index contributed by atoms with van der Waals surface area (Å²) in [5.74, 6) is 1.39. The second-order valence-electron chi connectivity index (χ2n) is 11.7. The fourth-order valence-corrected chi connectivity index (χ4v) is 7.54. The van der Waals surface area contributed by atoms with Crippen LogP contribution in [0, 0.1) is 11.8 Å². The minimum absolute atomic E-state index is 0.276. The Morgan fingerprint density at radius 1 is 0.744 bits per heavy atom. The SMILES string of the molecule is CC1C=CC2=C(C1)N(C1=CC=CCC1)C1C=C(C3=CC4C(C=C3)c3ccccc3N4c3ccccc3)C=CC21. The molecular weight excluding hydrogens is 472 g/mol. The first-order valence-corrected chi connectivity index (χ1v) is 14.6. The third-order valence-electron chi connectivity index (χ3n) is 9.33. The Morgan fingerprint density at radius 3 is 2.28 bits per heavy atom. The van der Waals surface area contributed by atoms with Gasteiger partial charge in [0.1, 0.15) is 0 Å². The van der Waals surface area contributed by atoms with E-state index in [4.69, 9.17) is 0 Å². The lowest BCUT2D eigenvalue weighted by molar-refractivity contribution is 0.336. The normalized spacial score (nSPS) is 30.0. The number of allylic oxidation sites excluding steroid dienone is 11. The monoisotopic (exact) mass is 506 g/mol. The number of anilines is 2. The fourth-order valence-electron chi connectivity index (χ4n) is 7.54. The average Bonchev–Trinajstić information content (AvgIpc) is 3.49. The molecule has 2 aromatic carbocycles. The highest BCUT2D eigenvalue weighted by molar-refractivity contribution is 5.76. The number of fused-ring (bicyclic) bond motifs is 5. The van der Waals surface area contributed by atoms with Gasteiger partial charge < -0.3 is 9.80 Å². The first-order chi connectivity index (χ1) is 19.3. The van der Waals surface area contributed by atoms with Gasteiger partial charge in [-0.2, -0.15) is 0 Å². The van der Waals surface area contributed by atoms with Crippen LogP contribution in [0.3, 0.4) is 0 Å². The molecule has 0 fully saturated rings. The van der Waals surface area contributed by atoms with Crippen molar-refractivity contribution in [3.05, 3.63) is 155 Å². The summed E-state index contributed by atoms with van der Waals surface area (Å²) in [5, 5.41) is 0. The zero-order chi connectivity index (χ0) is 25.9. The van der Waals surface area contributed by atoms with Crippen molar-refractivity contribution in [3.8, 4) is 0 Å². The first-order valence-electron chi connectivity index (χ1n) is 14.6. The average molecular weight is 507 g/mol. The van der Waals surface area contributed by atoms with Crippen LogP contribution < -0.4 is 4.90 Å². The molecule has 4 aliphatic carbocycles. The lowest BCUT2D eigenvalue weighted by Crippen LogP contribution is -2.34. The minimum atomic E-state index is 0.276. The molecule has 5 atom stereocenters. The Kier molecular flexibility index (Phi) is 5.30. The van der Waals surface area contributed by atoms with Gasteiger partial charge in [-0.15, -0.1) is 0 Å². The van der Waals surface area contributed by atoms with E-state index in [2.05, 4.69) is 138 Å². The standard InChI is InChI=1S/C37H34N2/c1-25-16-19-31-33-21-18-27(24-37(33)39(35(31)22-25)29-12-6-3-7-13-29)26-17-20-32-30-14-8-9-15-34(30)38(36(32)23-26)28-10-4-2-5-11-28/h2-6,8-12,14-21,23-25,32-33,36-37H,7,13,22H2,1H3. The Bertz CT molecular complexity index is 1570. The molecular formula is C37H34N2. The van der Waals surface area contributed by atoms with Crippen LogP contribution in [0.2, 0.25) is 0 Å². The largest absolute Gasteiger partial charge is 0.341 e. The van der Waals surface area contributed by atoms with Crippen molar-refractivity contribution in [1.82, 2.24) is 4.90 Å². The van der Waals surface area contributed by atoms with Gasteiger partial charge in [0.25, 0.3) is 0 Å². The van der Waals surface area contributed by atoms with Crippen LogP contribution >= 0.6 is 0 Å². The predicted octanol–water partition coefficient (Wildman–Crippen LogP) is 8.67. The molecule has 0 amide bonds. The van der Waals surface area contributed by atoms with Crippen molar-refractivity contribution in [2.75, 3.05) is 4.90 Å². The minimum Gasteiger partial charge on any atom is -0.341 e. The summed E-state index contributed by atoms with van der Waals surface area (Å²) < 4.78 is 0. The van der Waals surface area contributed by atoms with E-state index < -0.39 is 0 Å². The number of benzene rings is 2. The van der Waals surface area contributed by atoms with Crippen LogP contribution in [0.4, 0.5) is 11.4 Å². The molecule has 0 saturated carbocycles. The maximum atomic E-state index is 2.70. The Hall–Kier alpha value is -4.04. The third-order valence-corrected chi connectivity index (χ3v) is 9.33. The summed E-state index contributed by atoms with van der Waals surface area (Å²) in [6.07, 6.45) is 29.9. The second-order valence-corrected chi connectivity index (χ2v) is 11.7. The topological polar surface area (TPSA) is 6.48 Å². The summed E-state index contributed by atoms with van der Waals surface area (Å²) in [7, 11) is 0. The van der Waals surface area contributed by atoms with Crippen molar-refractivity contribution in [3.63, 3.8) is 0 Å². The van der Waals surface area contributed by atoms with Gasteiger partial charge in [0, 0.05) is 34.6 Å². The second kappa shape index (κ2) is 9.02. The van der Waals surface area contributed by atoms with Gasteiger partial charge in [0.15, 0.2) is 0 Å². The molecule has 0 radical (unpaired) electrons. The maximum absolute atomic E-state index is 2.70. The van der Waals surface area contributed by atoms with Crippen molar-refractivity contribution in [2.45, 2.75) is 44.2 Å². The first kappa shape index (κ1) is 22.9. The molecule has 2 nitrogen and oxygen atoms in total. The van der Waals surface area contributed by atoms with E-state index >= 15 is 0 Å². The molecule has 8 rings (SSSR count). The van der Waals surface area contributed by atoms with E-state index in [0.29, 0.717) is 23.8 Å². The van der Waals surface area contributed by atoms with Gasteiger partial charge in [-0.1, -0.05) is 104 Å². The highest BCUT2D eigenvalue weighted by Gasteiger charge is 2.42. The lowest BCUT2D eigenvalue weighted by Gasteiger charge is -2.35. The molecule has 39 heavy (non-hydrogen) atoms. The number of rotatable bonds is 3. The Morgan fingerprint density at radius 2 is 1.49 bits per heavy atom. The molecule has 192 valence electrons. The van der Waals surface area contributed by atoms with Crippen LogP contribution in [0.25, 0.3) is 0 Å². The maximum Gasteiger partial charge on any atom is 0.0635 e. The summed E-state index contributed by atoms with van der Waals surface area (Å²) >= 11 is 0. The van der Waals surface area contributed by atoms with Gasteiger partial charge in [0.05, 0.1) is 12.1 Å². The van der Waals surface area contributed by atoms with Crippen molar-refractivity contribution < 1.29 is 0 Å². The van der Waals surface area contributed by atoms with Crippen LogP contribution in [0.15, 0.2) is 150 Å². The fraction of sp³-hybridized carbons (Fsp3) is 0.243. The van der Waals surface area contributed by atoms with Crippen LogP contribution in [0.1, 0.15) is 37.7 Å². The molecule has 2 heteroatoms. The molecule has 0 N–H and O–H groups in total. The molecule has 2 aromatic rings. The quantitative estimate of drug-likeness (QED) is 0.411. The predicted molar refractivity (Wildman–Crippen MR) is 162 cm³/mol. The molecule has 0 spiro atoms. The zero-order valence-corrected chi connectivity index (χ0v) is 22.4. The van der Waals surface area contributed by atoms with E-state index in [0.717, 1.165) is 19.3 Å². The summed E-state index contributed by atoms with van der Waals surface area (Å²) in [6, 6.07) is 20.4.